The van der Waals surface area contributed by atoms with Gasteiger partial charge in [-0.25, -0.2) is 8.78 Å². The SMILES string of the molecule is COC1(C(=O)c2c(F)ccc(Br)c2F)CCOCC1. The Kier molecular flexibility index (Phi) is 4.32. The van der Waals surface area contributed by atoms with E-state index in [0.717, 1.165) is 6.07 Å². The lowest BCUT2D eigenvalue weighted by atomic mass is 9.85. The lowest BCUT2D eigenvalue weighted by Gasteiger charge is -2.34. The number of ketones is 1. The van der Waals surface area contributed by atoms with Crippen LogP contribution in [0.2, 0.25) is 0 Å². The summed E-state index contributed by atoms with van der Waals surface area (Å²) in [7, 11) is 1.37. The van der Waals surface area contributed by atoms with Crippen LogP contribution >= 0.6 is 15.9 Å². The van der Waals surface area contributed by atoms with E-state index in [1.165, 1.54) is 13.2 Å². The molecule has 0 amide bonds. The maximum Gasteiger partial charge on any atom is 0.200 e. The Bertz CT molecular complexity index is 499. The van der Waals surface area contributed by atoms with Gasteiger partial charge in [0.15, 0.2) is 5.82 Å². The second-order valence-corrected chi connectivity index (χ2v) is 5.21. The molecular weight excluding hydrogens is 322 g/mol. The maximum atomic E-state index is 14.0. The first-order valence-electron chi connectivity index (χ1n) is 5.83. The Morgan fingerprint density at radius 2 is 2.00 bits per heavy atom. The summed E-state index contributed by atoms with van der Waals surface area (Å²) in [6.45, 7) is 0.660. The Morgan fingerprint density at radius 3 is 2.58 bits per heavy atom. The van der Waals surface area contributed by atoms with E-state index < -0.39 is 28.6 Å². The first kappa shape index (κ1) is 14.6. The zero-order valence-electron chi connectivity index (χ0n) is 10.3. The largest absolute Gasteiger partial charge is 0.381 e. The molecule has 1 heterocycles. The summed E-state index contributed by atoms with van der Waals surface area (Å²) >= 11 is 2.95. The minimum absolute atomic E-state index is 0.0514. The highest BCUT2D eigenvalue weighted by Gasteiger charge is 2.43. The van der Waals surface area contributed by atoms with Crippen molar-refractivity contribution in [2.75, 3.05) is 20.3 Å². The molecule has 0 aromatic heterocycles. The molecule has 104 valence electrons. The number of ether oxygens (including phenoxy) is 2. The van der Waals surface area contributed by atoms with Crippen LogP contribution in [0.1, 0.15) is 23.2 Å². The highest BCUT2D eigenvalue weighted by molar-refractivity contribution is 9.10. The molecule has 1 aliphatic heterocycles. The van der Waals surface area contributed by atoms with Crippen LogP contribution in [-0.4, -0.2) is 31.7 Å². The van der Waals surface area contributed by atoms with Gasteiger partial charge >= 0.3 is 0 Å². The van der Waals surface area contributed by atoms with Crippen LogP contribution in [0, 0.1) is 11.6 Å². The third-order valence-corrected chi connectivity index (χ3v) is 3.99. The van der Waals surface area contributed by atoms with E-state index in [1.807, 2.05) is 0 Å². The standard InChI is InChI=1S/C13H13BrF2O3/c1-18-13(4-6-19-7-5-13)12(17)10-9(15)3-2-8(14)11(10)16/h2-3H,4-7H2,1H3. The number of benzene rings is 1. The molecule has 6 heteroatoms. The van der Waals surface area contributed by atoms with Gasteiger partial charge in [0.05, 0.1) is 10.0 Å². The van der Waals surface area contributed by atoms with E-state index >= 15 is 0 Å². The molecule has 1 saturated heterocycles. The van der Waals surface area contributed by atoms with Gasteiger partial charge in [0.25, 0.3) is 0 Å². The fourth-order valence-electron chi connectivity index (χ4n) is 2.19. The topological polar surface area (TPSA) is 35.5 Å². The molecule has 0 spiro atoms. The van der Waals surface area contributed by atoms with Crippen molar-refractivity contribution in [3.63, 3.8) is 0 Å². The van der Waals surface area contributed by atoms with Gasteiger partial charge < -0.3 is 9.47 Å². The van der Waals surface area contributed by atoms with Gasteiger partial charge in [-0.2, -0.15) is 0 Å². The molecule has 1 aromatic rings. The number of halogens is 3. The maximum absolute atomic E-state index is 14.0. The Hall–Kier alpha value is -0.850. The van der Waals surface area contributed by atoms with E-state index in [0.29, 0.717) is 13.2 Å². The second kappa shape index (κ2) is 5.64. The molecular formula is C13H13BrF2O3. The molecule has 3 nitrogen and oxygen atoms in total. The summed E-state index contributed by atoms with van der Waals surface area (Å²) in [5.74, 6) is -2.45. The zero-order chi connectivity index (χ0) is 14.0. The quantitative estimate of drug-likeness (QED) is 0.629. The van der Waals surface area contributed by atoms with Crippen LogP contribution in [0.25, 0.3) is 0 Å². The fourth-order valence-corrected chi connectivity index (χ4v) is 2.52. The van der Waals surface area contributed by atoms with Crippen molar-refractivity contribution < 1.29 is 23.0 Å². The minimum atomic E-state index is -1.21. The smallest absolute Gasteiger partial charge is 0.200 e. The van der Waals surface area contributed by atoms with Crippen LogP contribution < -0.4 is 0 Å². The van der Waals surface area contributed by atoms with Crippen LogP contribution in [-0.2, 0) is 9.47 Å². The number of rotatable bonds is 3. The van der Waals surface area contributed by atoms with Crippen LogP contribution in [0.15, 0.2) is 16.6 Å². The molecule has 19 heavy (non-hydrogen) atoms. The molecule has 0 N–H and O–H groups in total. The van der Waals surface area contributed by atoms with Gasteiger partial charge in [-0.05, 0) is 28.1 Å². The highest BCUT2D eigenvalue weighted by Crippen LogP contribution is 2.32. The van der Waals surface area contributed by atoms with Crippen LogP contribution in [0.4, 0.5) is 8.78 Å². The van der Waals surface area contributed by atoms with E-state index in [4.69, 9.17) is 9.47 Å². The number of methoxy groups -OCH3 is 1. The molecule has 1 aromatic carbocycles. The summed E-state index contributed by atoms with van der Waals surface area (Å²) in [6, 6.07) is 2.29. The summed E-state index contributed by atoms with van der Waals surface area (Å²) in [5.41, 5.74) is -1.76. The van der Waals surface area contributed by atoms with Gasteiger partial charge in [0.2, 0.25) is 5.78 Å². The van der Waals surface area contributed by atoms with Crippen molar-refractivity contribution in [3.05, 3.63) is 33.8 Å². The van der Waals surface area contributed by atoms with Gasteiger partial charge in [0.1, 0.15) is 11.4 Å². The lowest BCUT2D eigenvalue weighted by Crippen LogP contribution is -2.46. The molecule has 1 fully saturated rings. The van der Waals surface area contributed by atoms with Crippen LogP contribution in [0.5, 0.6) is 0 Å². The molecule has 0 aliphatic carbocycles. The Labute approximate surface area is 118 Å². The highest BCUT2D eigenvalue weighted by atomic mass is 79.9. The van der Waals surface area contributed by atoms with Crippen molar-refractivity contribution in [1.29, 1.82) is 0 Å². The van der Waals surface area contributed by atoms with Crippen molar-refractivity contribution in [1.82, 2.24) is 0 Å². The third-order valence-electron chi connectivity index (χ3n) is 3.38. The van der Waals surface area contributed by atoms with Crippen molar-refractivity contribution in [3.8, 4) is 0 Å². The summed E-state index contributed by atoms with van der Waals surface area (Å²) in [6.07, 6.45) is 0.571. The molecule has 2 rings (SSSR count). The van der Waals surface area contributed by atoms with Gasteiger partial charge in [-0.3, -0.25) is 4.79 Å². The average molecular weight is 335 g/mol. The number of carbonyl (C=O) groups is 1. The van der Waals surface area contributed by atoms with E-state index in [1.54, 1.807) is 0 Å². The number of hydrogen-bond donors (Lipinski definition) is 0. The van der Waals surface area contributed by atoms with E-state index in [9.17, 15) is 13.6 Å². The molecule has 0 saturated carbocycles. The van der Waals surface area contributed by atoms with Crippen molar-refractivity contribution in [2.45, 2.75) is 18.4 Å². The molecule has 0 unspecified atom stereocenters. The Balaban J connectivity index is 2.46. The van der Waals surface area contributed by atoms with Gasteiger partial charge in [-0.15, -0.1) is 0 Å². The number of carbonyl (C=O) groups excluding carboxylic acids is 1. The normalized spacial score (nSPS) is 18.3. The predicted molar refractivity (Wildman–Crippen MR) is 68.2 cm³/mol. The number of Topliss-reactive ketones (excluding diaryl/α,β-unsaturated/α-hetero) is 1. The summed E-state index contributed by atoms with van der Waals surface area (Å²) in [4.78, 5) is 12.5. The molecule has 1 aliphatic rings. The van der Waals surface area contributed by atoms with Gasteiger partial charge in [-0.1, -0.05) is 0 Å². The average Bonchev–Trinajstić information content (AvgIpc) is 2.44. The first-order chi connectivity index (χ1) is 9.02. The fraction of sp³-hybridized carbons (Fsp3) is 0.462. The van der Waals surface area contributed by atoms with E-state index in [2.05, 4.69) is 15.9 Å². The molecule has 0 atom stereocenters. The molecule has 0 bridgehead atoms. The lowest BCUT2D eigenvalue weighted by molar-refractivity contribution is -0.0666. The second-order valence-electron chi connectivity index (χ2n) is 4.36. The van der Waals surface area contributed by atoms with Gasteiger partial charge in [0, 0.05) is 33.2 Å². The van der Waals surface area contributed by atoms with Crippen molar-refractivity contribution >= 4 is 21.7 Å². The predicted octanol–water partition coefficient (Wildman–Crippen LogP) is 3.11. The van der Waals surface area contributed by atoms with Crippen molar-refractivity contribution in [2.24, 2.45) is 0 Å². The molecule has 0 radical (unpaired) electrons. The third kappa shape index (κ3) is 2.57. The zero-order valence-corrected chi connectivity index (χ0v) is 11.9. The minimum Gasteiger partial charge on any atom is -0.381 e. The van der Waals surface area contributed by atoms with E-state index in [-0.39, 0.29) is 17.3 Å². The summed E-state index contributed by atoms with van der Waals surface area (Å²) in [5, 5.41) is 0. The van der Waals surface area contributed by atoms with Crippen LogP contribution in [0.3, 0.4) is 0 Å². The Morgan fingerprint density at radius 1 is 1.37 bits per heavy atom. The monoisotopic (exact) mass is 334 g/mol. The number of hydrogen-bond acceptors (Lipinski definition) is 3. The first-order valence-corrected chi connectivity index (χ1v) is 6.62. The summed E-state index contributed by atoms with van der Waals surface area (Å²) < 4.78 is 38.2.